The predicted molar refractivity (Wildman–Crippen MR) is 109 cm³/mol. The molecule has 0 saturated carbocycles. The fourth-order valence-electron chi connectivity index (χ4n) is 3.04. The van der Waals surface area contributed by atoms with E-state index in [1.165, 1.54) is 11.5 Å². The van der Waals surface area contributed by atoms with Crippen LogP contribution in [0.3, 0.4) is 0 Å². The number of aliphatic imine (C=N–C) groups is 1. The van der Waals surface area contributed by atoms with Crippen molar-refractivity contribution in [1.29, 1.82) is 0 Å². The summed E-state index contributed by atoms with van der Waals surface area (Å²) in [6.07, 6.45) is 2.76. The number of rotatable bonds is 8. The molecule has 7 nitrogen and oxygen atoms in total. The summed E-state index contributed by atoms with van der Waals surface area (Å²) in [4.78, 5) is 14.1. The molecule has 1 saturated heterocycles. The predicted octanol–water partition coefficient (Wildman–Crippen LogP) is 1.99. The van der Waals surface area contributed by atoms with Gasteiger partial charge < -0.3 is 20.2 Å². The van der Waals surface area contributed by atoms with Crippen molar-refractivity contribution in [1.82, 2.24) is 19.6 Å². The van der Waals surface area contributed by atoms with Crippen LogP contribution >= 0.6 is 11.5 Å². The zero-order chi connectivity index (χ0) is 19.0. The third-order valence-electron chi connectivity index (χ3n) is 5.36. The lowest BCUT2D eigenvalue weighted by Crippen LogP contribution is -2.53. The Labute approximate surface area is 161 Å². The number of aliphatic hydroxyl groups excluding tert-OH is 1. The minimum Gasteiger partial charge on any atom is -0.396 e. The van der Waals surface area contributed by atoms with Crippen molar-refractivity contribution in [2.45, 2.75) is 47.0 Å². The molecule has 0 radical (unpaired) electrons. The van der Waals surface area contributed by atoms with Gasteiger partial charge in [-0.05, 0) is 19.8 Å². The molecule has 2 heterocycles. The third kappa shape index (κ3) is 5.07. The van der Waals surface area contributed by atoms with Crippen molar-refractivity contribution in [3.8, 4) is 0 Å². The maximum absolute atomic E-state index is 9.79. The van der Waals surface area contributed by atoms with Gasteiger partial charge in [-0.25, -0.2) is 4.98 Å². The van der Waals surface area contributed by atoms with E-state index in [2.05, 4.69) is 52.2 Å². The molecule has 2 rings (SSSR count). The molecule has 1 aliphatic heterocycles. The lowest BCUT2D eigenvalue weighted by atomic mass is 9.83. The SMILES string of the molecule is CCNC(=NCC(CC)(CC)CO)N1CCN(c2nc(CC)ns2)CC1. The van der Waals surface area contributed by atoms with Crippen LogP contribution < -0.4 is 10.2 Å². The lowest BCUT2D eigenvalue weighted by molar-refractivity contribution is 0.123. The average Bonchev–Trinajstić information content (AvgIpc) is 3.18. The van der Waals surface area contributed by atoms with Crippen LogP contribution in [-0.4, -0.2) is 71.2 Å². The number of nitrogens with one attached hydrogen (secondary N) is 1. The second-order valence-electron chi connectivity index (χ2n) is 6.86. The van der Waals surface area contributed by atoms with Crippen LogP contribution in [0.5, 0.6) is 0 Å². The number of piperazine rings is 1. The van der Waals surface area contributed by atoms with E-state index in [0.29, 0.717) is 6.54 Å². The molecule has 26 heavy (non-hydrogen) atoms. The number of guanidine groups is 1. The zero-order valence-electron chi connectivity index (χ0n) is 16.7. The van der Waals surface area contributed by atoms with E-state index in [0.717, 1.165) is 68.9 Å². The van der Waals surface area contributed by atoms with Crippen molar-refractivity contribution in [3.63, 3.8) is 0 Å². The largest absolute Gasteiger partial charge is 0.396 e. The molecule has 0 unspecified atom stereocenters. The fraction of sp³-hybridized carbons (Fsp3) is 0.833. The molecule has 0 spiro atoms. The highest BCUT2D eigenvalue weighted by Gasteiger charge is 2.27. The molecule has 8 heteroatoms. The number of aliphatic hydroxyl groups is 1. The molecule has 1 aliphatic rings. The normalized spacial score (nSPS) is 16.3. The Hall–Kier alpha value is -1.41. The van der Waals surface area contributed by atoms with Crippen LogP contribution in [0.25, 0.3) is 0 Å². The van der Waals surface area contributed by atoms with Crippen molar-refractivity contribution in [2.24, 2.45) is 10.4 Å². The first-order valence-electron chi connectivity index (χ1n) is 9.83. The average molecular weight is 383 g/mol. The van der Waals surface area contributed by atoms with Gasteiger partial charge in [0.15, 0.2) is 5.96 Å². The standard InChI is InChI=1S/C18H34N6OS/c1-5-15-21-17(26-22-15)24-11-9-23(10-12-24)16(19-8-4)20-13-18(6-2,7-3)14-25/h25H,5-14H2,1-4H3,(H,19,20). The highest BCUT2D eigenvalue weighted by atomic mass is 32.1. The summed E-state index contributed by atoms with van der Waals surface area (Å²) < 4.78 is 4.39. The van der Waals surface area contributed by atoms with Crippen LogP contribution in [0.15, 0.2) is 4.99 Å². The molecule has 0 amide bonds. The smallest absolute Gasteiger partial charge is 0.205 e. The zero-order valence-corrected chi connectivity index (χ0v) is 17.5. The minimum atomic E-state index is -0.106. The molecule has 1 fully saturated rings. The number of aromatic nitrogens is 2. The van der Waals surface area contributed by atoms with E-state index in [1.807, 2.05) is 0 Å². The monoisotopic (exact) mass is 382 g/mol. The van der Waals surface area contributed by atoms with Crippen molar-refractivity contribution in [3.05, 3.63) is 5.82 Å². The van der Waals surface area contributed by atoms with Crippen molar-refractivity contribution < 1.29 is 5.11 Å². The number of hydrogen-bond acceptors (Lipinski definition) is 6. The molecular formula is C18H34N6OS. The molecule has 0 aromatic carbocycles. The molecule has 1 aromatic heterocycles. The van der Waals surface area contributed by atoms with Gasteiger partial charge in [0.25, 0.3) is 0 Å². The van der Waals surface area contributed by atoms with Gasteiger partial charge in [-0.2, -0.15) is 4.37 Å². The van der Waals surface area contributed by atoms with Crippen LogP contribution in [0.2, 0.25) is 0 Å². The maximum Gasteiger partial charge on any atom is 0.205 e. The molecular weight excluding hydrogens is 348 g/mol. The van der Waals surface area contributed by atoms with E-state index in [-0.39, 0.29) is 12.0 Å². The molecule has 0 aliphatic carbocycles. The Bertz CT molecular complexity index is 556. The first-order valence-corrected chi connectivity index (χ1v) is 10.6. The summed E-state index contributed by atoms with van der Waals surface area (Å²) in [6.45, 7) is 13.8. The van der Waals surface area contributed by atoms with Crippen LogP contribution in [0.1, 0.15) is 46.4 Å². The Morgan fingerprint density at radius 3 is 2.38 bits per heavy atom. The quantitative estimate of drug-likeness (QED) is 0.529. The number of nitrogens with zero attached hydrogens (tertiary/aromatic N) is 5. The number of anilines is 1. The lowest BCUT2D eigenvalue weighted by Gasteiger charge is -2.37. The van der Waals surface area contributed by atoms with Gasteiger partial charge >= 0.3 is 0 Å². The van der Waals surface area contributed by atoms with Gasteiger partial charge in [0.2, 0.25) is 5.13 Å². The first kappa shape index (κ1) is 20.9. The van der Waals surface area contributed by atoms with Crippen LogP contribution in [0, 0.1) is 5.41 Å². The van der Waals surface area contributed by atoms with E-state index < -0.39 is 0 Å². The summed E-state index contributed by atoms with van der Waals surface area (Å²) in [7, 11) is 0. The van der Waals surface area contributed by atoms with Crippen molar-refractivity contribution in [2.75, 3.05) is 50.8 Å². The Balaban J connectivity index is 1.99. The van der Waals surface area contributed by atoms with Gasteiger partial charge in [0.05, 0.1) is 13.2 Å². The summed E-state index contributed by atoms with van der Waals surface area (Å²) in [5.41, 5.74) is -0.106. The Kier molecular flexibility index (Phi) is 8.09. The highest BCUT2D eigenvalue weighted by molar-refractivity contribution is 7.09. The van der Waals surface area contributed by atoms with E-state index in [1.54, 1.807) is 0 Å². The molecule has 0 atom stereocenters. The second-order valence-corrected chi connectivity index (χ2v) is 7.59. The van der Waals surface area contributed by atoms with Gasteiger partial charge in [-0.15, -0.1) is 0 Å². The van der Waals surface area contributed by atoms with Gasteiger partial charge in [0, 0.05) is 56.1 Å². The molecule has 1 aromatic rings. The van der Waals surface area contributed by atoms with E-state index >= 15 is 0 Å². The number of aryl methyl sites for hydroxylation is 1. The minimum absolute atomic E-state index is 0.106. The summed E-state index contributed by atoms with van der Waals surface area (Å²) in [5, 5.41) is 14.2. The van der Waals surface area contributed by atoms with E-state index in [4.69, 9.17) is 4.99 Å². The van der Waals surface area contributed by atoms with Crippen LogP contribution in [-0.2, 0) is 6.42 Å². The summed E-state index contributed by atoms with van der Waals surface area (Å²) in [5.74, 6) is 1.89. The maximum atomic E-state index is 9.79. The van der Waals surface area contributed by atoms with E-state index in [9.17, 15) is 5.11 Å². The third-order valence-corrected chi connectivity index (χ3v) is 6.17. The van der Waals surface area contributed by atoms with Gasteiger partial charge in [-0.1, -0.05) is 20.8 Å². The molecule has 0 bridgehead atoms. The van der Waals surface area contributed by atoms with Gasteiger partial charge in [0.1, 0.15) is 5.82 Å². The fourth-order valence-corrected chi connectivity index (χ4v) is 3.84. The van der Waals surface area contributed by atoms with Crippen LogP contribution in [0.4, 0.5) is 5.13 Å². The highest BCUT2D eigenvalue weighted by Crippen LogP contribution is 2.26. The van der Waals surface area contributed by atoms with Crippen molar-refractivity contribution >= 4 is 22.6 Å². The second kappa shape index (κ2) is 10.1. The Morgan fingerprint density at radius 2 is 1.88 bits per heavy atom. The molecule has 2 N–H and O–H groups in total. The molecule has 148 valence electrons. The Morgan fingerprint density at radius 1 is 1.19 bits per heavy atom. The summed E-state index contributed by atoms with van der Waals surface area (Å²) >= 11 is 1.50. The summed E-state index contributed by atoms with van der Waals surface area (Å²) in [6, 6.07) is 0. The van der Waals surface area contributed by atoms with Gasteiger partial charge in [-0.3, -0.25) is 4.99 Å². The topological polar surface area (TPSA) is 76.9 Å². The number of hydrogen-bond donors (Lipinski definition) is 2. The first-order chi connectivity index (χ1) is 12.6.